The average molecular weight is 239 g/mol. The zero-order chi connectivity index (χ0) is 13.0. The second kappa shape index (κ2) is 5.83. The summed E-state index contributed by atoms with van der Waals surface area (Å²) in [5, 5.41) is 3.56. The van der Waals surface area contributed by atoms with E-state index in [4.69, 9.17) is 0 Å². The Kier molecular flexibility index (Phi) is 4.16. The van der Waals surface area contributed by atoms with Crippen LogP contribution in [-0.4, -0.2) is 0 Å². The van der Waals surface area contributed by atoms with Crippen LogP contribution < -0.4 is 5.32 Å². The van der Waals surface area contributed by atoms with E-state index in [0.29, 0.717) is 6.04 Å². The van der Waals surface area contributed by atoms with Gasteiger partial charge in [0.05, 0.1) is 0 Å². The highest BCUT2D eigenvalue weighted by Gasteiger charge is 2.04. The topological polar surface area (TPSA) is 12.0 Å². The van der Waals surface area contributed by atoms with Crippen molar-refractivity contribution < 1.29 is 0 Å². The number of benzene rings is 2. The first-order valence-corrected chi connectivity index (χ1v) is 6.50. The Balaban J connectivity index is 1.96. The van der Waals surface area contributed by atoms with Crippen molar-refractivity contribution >= 4 is 0 Å². The van der Waals surface area contributed by atoms with E-state index >= 15 is 0 Å². The fraction of sp³-hybridized carbons (Fsp3) is 0.294. The van der Waals surface area contributed by atoms with Crippen LogP contribution in [0.3, 0.4) is 0 Å². The molecule has 2 aromatic rings. The van der Waals surface area contributed by atoms with E-state index in [1.54, 1.807) is 0 Å². The molecule has 0 aliphatic rings. The maximum Gasteiger partial charge on any atom is 0.0294 e. The number of rotatable bonds is 4. The third-order valence-corrected chi connectivity index (χ3v) is 3.27. The summed E-state index contributed by atoms with van der Waals surface area (Å²) in [6.07, 6.45) is 0. The Morgan fingerprint density at radius 1 is 0.944 bits per heavy atom. The second-order valence-corrected chi connectivity index (χ2v) is 5.00. The third kappa shape index (κ3) is 3.44. The minimum atomic E-state index is 0.381. The number of aryl methyl sites for hydroxylation is 2. The van der Waals surface area contributed by atoms with Crippen molar-refractivity contribution in [3.8, 4) is 0 Å². The van der Waals surface area contributed by atoms with Crippen LogP contribution in [0.5, 0.6) is 0 Å². The van der Waals surface area contributed by atoms with Gasteiger partial charge in [0.15, 0.2) is 0 Å². The summed E-state index contributed by atoms with van der Waals surface area (Å²) in [5.74, 6) is 0. The zero-order valence-corrected chi connectivity index (χ0v) is 11.4. The lowest BCUT2D eigenvalue weighted by Crippen LogP contribution is -2.18. The van der Waals surface area contributed by atoms with E-state index in [-0.39, 0.29) is 0 Å². The Hall–Kier alpha value is -1.60. The monoisotopic (exact) mass is 239 g/mol. The minimum absolute atomic E-state index is 0.381. The summed E-state index contributed by atoms with van der Waals surface area (Å²) in [7, 11) is 0. The fourth-order valence-corrected chi connectivity index (χ4v) is 2.07. The van der Waals surface area contributed by atoms with Gasteiger partial charge in [-0.1, -0.05) is 59.7 Å². The van der Waals surface area contributed by atoms with Crippen molar-refractivity contribution in [1.29, 1.82) is 0 Å². The van der Waals surface area contributed by atoms with Crippen molar-refractivity contribution in [3.05, 3.63) is 70.8 Å². The lowest BCUT2D eigenvalue weighted by atomic mass is 10.1. The van der Waals surface area contributed by atoms with Crippen molar-refractivity contribution in [1.82, 2.24) is 5.32 Å². The van der Waals surface area contributed by atoms with Crippen LogP contribution >= 0.6 is 0 Å². The number of hydrogen-bond acceptors (Lipinski definition) is 1. The lowest BCUT2D eigenvalue weighted by molar-refractivity contribution is 0.574. The second-order valence-electron chi connectivity index (χ2n) is 5.00. The zero-order valence-electron chi connectivity index (χ0n) is 11.4. The van der Waals surface area contributed by atoms with Gasteiger partial charge in [-0.2, -0.15) is 0 Å². The molecule has 0 radical (unpaired) electrons. The van der Waals surface area contributed by atoms with E-state index in [2.05, 4.69) is 74.6 Å². The molecule has 18 heavy (non-hydrogen) atoms. The highest BCUT2D eigenvalue weighted by molar-refractivity contribution is 5.25. The molecule has 0 heterocycles. The maximum atomic E-state index is 3.56. The van der Waals surface area contributed by atoms with Gasteiger partial charge in [-0.15, -0.1) is 0 Å². The van der Waals surface area contributed by atoms with Gasteiger partial charge in [-0.3, -0.25) is 0 Å². The molecule has 0 spiro atoms. The molecule has 0 amide bonds. The number of hydrogen-bond donors (Lipinski definition) is 1. The molecule has 94 valence electrons. The Morgan fingerprint density at radius 3 is 2.33 bits per heavy atom. The van der Waals surface area contributed by atoms with Crippen LogP contribution in [0.4, 0.5) is 0 Å². The maximum absolute atomic E-state index is 3.56. The molecular weight excluding hydrogens is 218 g/mol. The Morgan fingerprint density at radius 2 is 1.67 bits per heavy atom. The quantitative estimate of drug-likeness (QED) is 0.845. The molecule has 0 saturated carbocycles. The van der Waals surface area contributed by atoms with E-state index in [1.807, 2.05) is 0 Å². The van der Waals surface area contributed by atoms with Crippen molar-refractivity contribution in [2.24, 2.45) is 0 Å². The summed E-state index contributed by atoms with van der Waals surface area (Å²) in [5.41, 5.74) is 5.31. The highest BCUT2D eigenvalue weighted by atomic mass is 14.9. The standard InChI is InChI=1S/C17H21N/c1-13-7-9-17(10-8-13)15(3)18-12-16-6-4-5-14(2)11-16/h4-11,15,18H,12H2,1-3H3. The van der Waals surface area contributed by atoms with Gasteiger partial charge in [0, 0.05) is 12.6 Å². The van der Waals surface area contributed by atoms with Crippen LogP contribution in [-0.2, 0) is 6.54 Å². The first-order valence-electron chi connectivity index (χ1n) is 6.50. The summed E-state index contributed by atoms with van der Waals surface area (Å²) in [6.45, 7) is 7.37. The Labute approximate surface area is 110 Å². The molecule has 1 unspecified atom stereocenters. The normalized spacial score (nSPS) is 12.4. The van der Waals surface area contributed by atoms with Gasteiger partial charge < -0.3 is 5.32 Å². The molecule has 2 aromatic carbocycles. The molecule has 1 heteroatoms. The molecule has 0 aliphatic carbocycles. The van der Waals surface area contributed by atoms with Crippen molar-refractivity contribution in [3.63, 3.8) is 0 Å². The molecule has 1 nitrogen and oxygen atoms in total. The smallest absolute Gasteiger partial charge is 0.0294 e. The predicted molar refractivity (Wildman–Crippen MR) is 77.6 cm³/mol. The van der Waals surface area contributed by atoms with Crippen LogP contribution in [0.2, 0.25) is 0 Å². The summed E-state index contributed by atoms with van der Waals surface area (Å²) >= 11 is 0. The van der Waals surface area contributed by atoms with E-state index < -0.39 is 0 Å². The van der Waals surface area contributed by atoms with E-state index in [1.165, 1.54) is 22.3 Å². The van der Waals surface area contributed by atoms with Gasteiger partial charge >= 0.3 is 0 Å². The molecule has 0 saturated heterocycles. The van der Waals surface area contributed by atoms with Gasteiger partial charge in [0.25, 0.3) is 0 Å². The van der Waals surface area contributed by atoms with Crippen molar-refractivity contribution in [2.75, 3.05) is 0 Å². The van der Waals surface area contributed by atoms with Gasteiger partial charge in [0.1, 0.15) is 0 Å². The average Bonchev–Trinajstić information content (AvgIpc) is 2.37. The molecule has 1 N–H and O–H groups in total. The SMILES string of the molecule is Cc1ccc(C(C)NCc2cccc(C)c2)cc1. The highest BCUT2D eigenvalue weighted by Crippen LogP contribution is 2.14. The third-order valence-electron chi connectivity index (χ3n) is 3.27. The van der Waals surface area contributed by atoms with Crippen molar-refractivity contribution in [2.45, 2.75) is 33.4 Å². The molecule has 0 fully saturated rings. The minimum Gasteiger partial charge on any atom is -0.306 e. The first kappa shape index (κ1) is 12.8. The molecule has 2 rings (SSSR count). The van der Waals surface area contributed by atoms with Crippen LogP contribution in [0, 0.1) is 13.8 Å². The van der Waals surface area contributed by atoms with Gasteiger partial charge in [-0.25, -0.2) is 0 Å². The summed E-state index contributed by atoms with van der Waals surface area (Å²) in [4.78, 5) is 0. The van der Waals surface area contributed by atoms with Crippen LogP contribution in [0.1, 0.15) is 35.2 Å². The summed E-state index contributed by atoms with van der Waals surface area (Å²) < 4.78 is 0. The lowest BCUT2D eigenvalue weighted by Gasteiger charge is -2.14. The van der Waals surface area contributed by atoms with Gasteiger partial charge in [0.2, 0.25) is 0 Å². The Bertz CT molecular complexity index is 499. The van der Waals surface area contributed by atoms with E-state index in [0.717, 1.165) is 6.54 Å². The molecule has 0 bridgehead atoms. The molecule has 0 aromatic heterocycles. The first-order chi connectivity index (χ1) is 8.65. The number of nitrogens with one attached hydrogen (secondary N) is 1. The fourth-order valence-electron chi connectivity index (χ4n) is 2.07. The molecule has 0 aliphatic heterocycles. The largest absolute Gasteiger partial charge is 0.306 e. The van der Waals surface area contributed by atoms with Crippen LogP contribution in [0.25, 0.3) is 0 Å². The summed E-state index contributed by atoms with van der Waals surface area (Å²) in [6, 6.07) is 17.8. The van der Waals surface area contributed by atoms with Gasteiger partial charge in [-0.05, 0) is 31.9 Å². The predicted octanol–water partition coefficient (Wildman–Crippen LogP) is 4.15. The molecular formula is C17H21N. The van der Waals surface area contributed by atoms with Crippen LogP contribution in [0.15, 0.2) is 48.5 Å². The molecule has 1 atom stereocenters. The van der Waals surface area contributed by atoms with E-state index in [9.17, 15) is 0 Å².